The van der Waals surface area contributed by atoms with E-state index in [0.717, 1.165) is 23.5 Å². The smallest absolute Gasteiger partial charge is 0.161 e. The summed E-state index contributed by atoms with van der Waals surface area (Å²) in [6, 6.07) is 6.00. The first kappa shape index (κ1) is 16.5. The molecule has 0 heterocycles. The van der Waals surface area contributed by atoms with Gasteiger partial charge in [-0.1, -0.05) is 12.1 Å². The third kappa shape index (κ3) is 4.87. The van der Waals surface area contributed by atoms with Gasteiger partial charge in [0.25, 0.3) is 0 Å². The number of methoxy groups -OCH3 is 1. The summed E-state index contributed by atoms with van der Waals surface area (Å²) in [6.45, 7) is 8.63. The van der Waals surface area contributed by atoms with Gasteiger partial charge < -0.3 is 19.9 Å². The maximum Gasteiger partial charge on any atom is 0.161 e. The van der Waals surface area contributed by atoms with Crippen LogP contribution in [-0.2, 0) is 0 Å². The molecule has 1 aromatic rings. The topological polar surface area (TPSA) is 50.7 Å². The van der Waals surface area contributed by atoms with Gasteiger partial charge in [-0.05, 0) is 38.0 Å². The highest BCUT2D eigenvalue weighted by Gasteiger charge is 2.13. The van der Waals surface area contributed by atoms with Crippen molar-refractivity contribution in [2.75, 3.05) is 20.3 Å². The molecule has 2 unspecified atom stereocenters. The van der Waals surface area contributed by atoms with E-state index >= 15 is 0 Å². The van der Waals surface area contributed by atoms with E-state index in [2.05, 4.69) is 11.9 Å². The molecule has 112 valence electrons. The van der Waals surface area contributed by atoms with E-state index in [1.165, 1.54) is 0 Å². The molecule has 2 atom stereocenters. The monoisotopic (exact) mass is 279 g/mol. The Balaban J connectivity index is 2.92. The Kier molecular flexibility index (Phi) is 7.12. The predicted octanol–water partition coefficient (Wildman–Crippen LogP) is 2.68. The molecule has 0 radical (unpaired) electrons. The summed E-state index contributed by atoms with van der Waals surface area (Å²) in [4.78, 5) is 0. The third-order valence-corrected chi connectivity index (χ3v) is 2.95. The second-order valence-electron chi connectivity index (χ2n) is 4.68. The number of rotatable bonds is 9. The van der Waals surface area contributed by atoms with Crippen LogP contribution in [0.1, 0.15) is 31.9 Å². The number of hydrogen-bond donors (Lipinski definition) is 2. The molecule has 4 heteroatoms. The largest absolute Gasteiger partial charge is 0.493 e. The average molecular weight is 279 g/mol. The lowest BCUT2D eigenvalue weighted by Crippen LogP contribution is -2.28. The van der Waals surface area contributed by atoms with Gasteiger partial charge in [-0.25, -0.2) is 0 Å². The van der Waals surface area contributed by atoms with Crippen LogP contribution >= 0.6 is 0 Å². The first-order valence-electron chi connectivity index (χ1n) is 6.95. The van der Waals surface area contributed by atoms with Crippen molar-refractivity contribution in [1.82, 2.24) is 5.32 Å². The molecule has 0 aromatic heterocycles. The van der Waals surface area contributed by atoms with Crippen molar-refractivity contribution in [2.45, 2.75) is 32.4 Å². The van der Waals surface area contributed by atoms with Crippen molar-refractivity contribution in [1.29, 1.82) is 0 Å². The standard InChI is InChI=1S/C16H25NO3/c1-5-7-14(17-11-12(3)18)13-8-9-15(20-6-2)16(10-13)19-4/h5,8-10,12,14,17-18H,1,6-7,11H2,2-4H3. The van der Waals surface area contributed by atoms with Crippen LogP contribution in [0.15, 0.2) is 30.9 Å². The fourth-order valence-electron chi connectivity index (χ4n) is 1.99. The van der Waals surface area contributed by atoms with E-state index in [9.17, 15) is 5.11 Å². The van der Waals surface area contributed by atoms with Crippen LogP contribution in [0.4, 0.5) is 0 Å². The molecule has 0 fully saturated rings. The lowest BCUT2D eigenvalue weighted by atomic mass is 10.0. The van der Waals surface area contributed by atoms with Gasteiger partial charge >= 0.3 is 0 Å². The summed E-state index contributed by atoms with van der Waals surface area (Å²) in [5.74, 6) is 1.46. The summed E-state index contributed by atoms with van der Waals surface area (Å²) < 4.78 is 10.9. The van der Waals surface area contributed by atoms with Gasteiger partial charge in [-0.3, -0.25) is 0 Å². The molecular weight excluding hydrogens is 254 g/mol. The number of ether oxygens (including phenoxy) is 2. The van der Waals surface area contributed by atoms with Crippen LogP contribution in [0.5, 0.6) is 11.5 Å². The van der Waals surface area contributed by atoms with Gasteiger partial charge in [-0.15, -0.1) is 6.58 Å². The fraction of sp³-hybridized carbons (Fsp3) is 0.500. The molecule has 0 aliphatic rings. The van der Waals surface area contributed by atoms with Crippen molar-refractivity contribution >= 4 is 0 Å². The molecule has 1 rings (SSSR count). The molecule has 0 saturated carbocycles. The zero-order valence-electron chi connectivity index (χ0n) is 12.6. The molecule has 0 spiro atoms. The summed E-state index contributed by atoms with van der Waals surface area (Å²) in [5.41, 5.74) is 1.09. The Morgan fingerprint density at radius 3 is 2.70 bits per heavy atom. The summed E-state index contributed by atoms with van der Waals surface area (Å²) in [7, 11) is 1.63. The predicted molar refractivity (Wildman–Crippen MR) is 81.4 cm³/mol. The molecule has 0 amide bonds. The molecule has 0 aliphatic carbocycles. The lowest BCUT2D eigenvalue weighted by molar-refractivity contribution is 0.186. The molecule has 0 aliphatic heterocycles. The summed E-state index contributed by atoms with van der Waals surface area (Å²) >= 11 is 0. The third-order valence-electron chi connectivity index (χ3n) is 2.95. The second-order valence-corrected chi connectivity index (χ2v) is 4.68. The van der Waals surface area contributed by atoms with Gasteiger partial charge in [-0.2, -0.15) is 0 Å². The van der Waals surface area contributed by atoms with Gasteiger partial charge in [0, 0.05) is 12.6 Å². The summed E-state index contributed by atoms with van der Waals surface area (Å²) in [5, 5.41) is 12.7. The number of aliphatic hydroxyl groups excluding tert-OH is 1. The first-order valence-corrected chi connectivity index (χ1v) is 6.95. The van der Waals surface area contributed by atoms with E-state index in [0.29, 0.717) is 13.2 Å². The summed E-state index contributed by atoms with van der Waals surface area (Å²) in [6.07, 6.45) is 2.26. The van der Waals surface area contributed by atoms with Crippen molar-refractivity contribution in [3.05, 3.63) is 36.4 Å². The quantitative estimate of drug-likeness (QED) is 0.682. The Morgan fingerprint density at radius 2 is 2.15 bits per heavy atom. The number of benzene rings is 1. The molecular formula is C16H25NO3. The van der Waals surface area contributed by atoms with E-state index in [4.69, 9.17) is 9.47 Å². The number of hydrogen-bond acceptors (Lipinski definition) is 4. The van der Waals surface area contributed by atoms with Crippen LogP contribution < -0.4 is 14.8 Å². The Hall–Kier alpha value is -1.52. The molecule has 0 bridgehead atoms. The van der Waals surface area contributed by atoms with Crippen LogP contribution in [0, 0.1) is 0 Å². The second kappa shape index (κ2) is 8.61. The van der Waals surface area contributed by atoms with Crippen LogP contribution in [0.3, 0.4) is 0 Å². The Bertz CT molecular complexity index is 418. The maximum absolute atomic E-state index is 9.40. The van der Waals surface area contributed by atoms with Gasteiger partial charge in [0.1, 0.15) is 0 Å². The zero-order valence-corrected chi connectivity index (χ0v) is 12.6. The van der Waals surface area contributed by atoms with Crippen molar-refractivity contribution in [3.63, 3.8) is 0 Å². The highest BCUT2D eigenvalue weighted by atomic mass is 16.5. The van der Waals surface area contributed by atoms with Gasteiger partial charge in [0.05, 0.1) is 19.8 Å². The Morgan fingerprint density at radius 1 is 1.40 bits per heavy atom. The van der Waals surface area contributed by atoms with E-state index in [1.807, 2.05) is 31.2 Å². The van der Waals surface area contributed by atoms with Crippen LogP contribution in [-0.4, -0.2) is 31.5 Å². The first-order chi connectivity index (χ1) is 9.62. The lowest BCUT2D eigenvalue weighted by Gasteiger charge is -2.20. The fourth-order valence-corrected chi connectivity index (χ4v) is 1.99. The number of aliphatic hydroxyl groups is 1. The van der Waals surface area contributed by atoms with Crippen LogP contribution in [0.2, 0.25) is 0 Å². The van der Waals surface area contributed by atoms with Crippen molar-refractivity contribution in [3.8, 4) is 11.5 Å². The van der Waals surface area contributed by atoms with Crippen molar-refractivity contribution in [2.24, 2.45) is 0 Å². The normalized spacial score (nSPS) is 13.6. The maximum atomic E-state index is 9.40. The molecule has 0 saturated heterocycles. The molecule has 20 heavy (non-hydrogen) atoms. The minimum absolute atomic E-state index is 0.103. The van der Waals surface area contributed by atoms with E-state index < -0.39 is 0 Å². The number of nitrogens with one attached hydrogen (secondary N) is 1. The SMILES string of the molecule is C=CCC(NCC(C)O)c1ccc(OCC)c(OC)c1. The van der Waals surface area contributed by atoms with Crippen molar-refractivity contribution < 1.29 is 14.6 Å². The van der Waals surface area contributed by atoms with E-state index in [-0.39, 0.29) is 12.1 Å². The molecule has 2 N–H and O–H groups in total. The minimum atomic E-state index is -0.382. The molecule has 1 aromatic carbocycles. The zero-order chi connectivity index (χ0) is 15.0. The van der Waals surface area contributed by atoms with Gasteiger partial charge in [0.2, 0.25) is 0 Å². The van der Waals surface area contributed by atoms with Gasteiger partial charge in [0.15, 0.2) is 11.5 Å². The average Bonchev–Trinajstić information content (AvgIpc) is 2.44. The highest BCUT2D eigenvalue weighted by Crippen LogP contribution is 2.31. The Labute approximate surface area is 121 Å². The minimum Gasteiger partial charge on any atom is -0.493 e. The highest BCUT2D eigenvalue weighted by molar-refractivity contribution is 5.44. The molecule has 4 nitrogen and oxygen atoms in total. The van der Waals surface area contributed by atoms with Crippen LogP contribution in [0.25, 0.3) is 0 Å². The van der Waals surface area contributed by atoms with E-state index in [1.54, 1.807) is 14.0 Å².